The standard InChI is InChI=1S/C25H24N4O/c1-19(21-10-6-3-7-11-21)27-24-16-17-26-25(29-24)28-22-12-14-23(15-13-22)30-18-20-8-4-2-5-9-20/h2-17,19H,18H2,1H3,(H2,26,27,28,29). The number of hydrogen-bond donors (Lipinski definition) is 2. The molecule has 0 fully saturated rings. The van der Waals surface area contributed by atoms with E-state index >= 15 is 0 Å². The second-order valence-electron chi connectivity index (χ2n) is 6.97. The van der Waals surface area contributed by atoms with E-state index < -0.39 is 0 Å². The molecule has 0 bridgehead atoms. The number of nitrogens with zero attached hydrogens (tertiary/aromatic N) is 2. The summed E-state index contributed by atoms with van der Waals surface area (Å²) in [6.07, 6.45) is 1.74. The summed E-state index contributed by atoms with van der Waals surface area (Å²) >= 11 is 0. The second kappa shape index (κ2) is 9.56. The lowest BCUT2D eigenvalue weighted by Gasteiger charge is -2.15. The van der Waals surface area contributed by atoms with Crippen LogP contribution in [-0.2, 0) is 6.61 Å². The van der Waals surface area contributed by atoms with E-state index in [1.807, 2.05) is 78.9 Å². The summed E-state index contributed by atoms with van der Waals surface area (Å²) in [5.74, 6) is 2.13. The minimum absolute atomic E-state index is 0.148. The number of aromatic nitrogens is 2. The fourth-order valence-electron chi connectivity index (χ4n) is 3.05. The van der Waals surface area contributed by atoms with Crippen LogP contribution in [0.3, 0.4) is 0 Å². The third kappa shape index (κ3) is 5.35. The van der Waals surface area contributed by atoms with Crippen LogP contribution in [0.15, 0.2) is 97.2 Å². The Bertz CT molecular complexity index is 1050. The van der Waals surface area contributed by atoms with E-state index in [4.69, 9.17) is 4.74 Å². The Balaban J connectivity index is 1.35. The molecule has 1 atom stereocenters. The topological polar surface area (TPSA) is 59.1 Å². The first-order chi connectivity index (χ1) is 14.8. The Morgan fingerprint density at radius 2 is 1.53 bits per heavy atom. The summed E-state index contributed by atoms with van der Waals surface area (Å²) in [6.45, 7) is 2.66. The first-order valence-electron chi connectivity index (χ1n) is 9.94. The zero-order chi connectivity index (χ0) is 20.6. The molecule has 3 aromatic carbocycles. The van der Waals surface area contributed by atoms with E-state index in [0.717, 1.165) is 22.8 Å². The van der Waals surface area contributed by atoms with Gasteiger partial charge in [0, 0.05) is 17.9 Å². The molecule has 30 heavy (non-hydrogen) atoms. The summed E-state index contributed by atoms with van der Waals surface area (Å²) in [6, 6.07) is 30.2. The maximum absolute atomic E-state index is 5.83. The van der Waals surface area contributed by atoms with Crippen LogP contribution >= 0.6 is 0 Å². The van der Waals surface area contributed by atoms with Crippen molar-refractivity contribution in [2.75, 3.05) is 10.6 Å². The van der Waals surface area contributed by atoms with Crippen molar-refractivity contribution in [3.63, 3.8) is 0 Å². The minimum atomic E-state index is 0.148. The van der Waals surface area contributed by atoms with Gasteiger partial charge in [-0.1, -0.05) is 60.7 Å². The smallest absolute Gasteiger partial charge is 0.229 e. The largest absolute Gasteiger partial charge is 0.489 e. The van der Waals surface area contributed by atoms with Crippen molar-refractivity contribution in [2.45, 2.75) is 19.6 Å². The molecule has 0 amide bonds. The van der Waals surface area contributed by atoms with Gasteiger partial charge in [0.15, 0.2) is 0 Å². The second-order valence-corrected chi connectivity index (χ2v) is 6.97. The van der Waals surface area contributed by atoms with Gasteiger partial charge in [0.2, 0.25) is 5.95 Å². The van der Waals surface area contributed by atoms with Crippen LogP contribution in [0.5, 0.6) is 5.75 Å². The molecule has 5 heteroatoms. The van der Waals surface area contributed by atoms with Crippen LogP contribution in [0.4, 0.5) is 17.5 Å². The van der Waals surface area contributed by atoms with Gasteiger partial charge in [0.05, 0.1) is 0 Å². The molecule has 1 unspecified atom stereocenters. The van der Waals surface area contributed by atoms with Crippen LogP contribution in [0.1, 0.15) is 24.1 Å². The van der Waals surface area contributed by atoms with E-state index in [2.05, 4.69) is 39.7 Å². The number of benzene rings is 3. The van der Waals surface area contributed by atoms with Gasteiger partial charge in [-0.15, -0.1) is 0 Å². The van der Waals surface area contributed by atoms with Crippen molar-refractivity contribution in [1.82, 2.24) is 9.97 Å². The Morgan fingerprint density at radius 3 is 2.27 bits per heavy atom. The lowest BCUT2D eigenvalue weighted by atomic mass is 10.1. The van der Waals surface area contributed by atoms with Crippen LogP contribution < -0.4 is 15.4 Å². The number of ether oxygens (including phenoxy) is 1. The summed E-state index contributed by atoms with van der Waals surface area (Å²) in [5, 5.41) is 6.66. The summed E-state index contributed by atoms with van der Waals surface area (Å²) in [4.78, 5) is 8.89. The Kier molecular flexibility index (Phi) is 6.20. The van der Waals surface area contributed by atoms with Gasteiger partial charge in [-0.2, -0.15) is 4.98 Å². The summed E-state index contributed by atoms with van der Waals surface area (Å²) in [5.41, 5.74) is 3.24. The third-order valence-electron chi connectivity index (χ3n) is 4.68. The van der Waals surface area contributed by atoms with Crippen molar-refractivity contribution in [1.29, 1.82) is 0 Å². The third-order valence-corrected chi connectivity index (χ3v) is 4.68. The highest BCUT2D eigenvalue weighted by Gasteiger charge is 2.07. The Hall–Kier alpha value is -3.86. The number of anilines is 3. The molecule has 0 spiro atoms. The van der Waals surface area contributed by atoms with Crippen molar-refractivity contribution in [3.8, 4) is 5.75 Å². The quantitative estimate of drug-likeness (QED) is 0.384. The average molecular weight is 396 g/mol. The van der Waals surface area contributed by atoms with Crippen molar-refractivity contribution in [3.05, 3.63) is 108 Å². The average Bonchev–Trinajstić information content (AvgIpc) is 2.80. The maximum Gasteiger partial charge on any atom is 0.229 e. The monoisotopic (exact) mass is 396 g/mol. The molecule has 5 nitrogen and oxygen atoms in total. The lowest BCUT2D eigenvalue weighted by Crippen LogP contribution is -2.09. The Labute approximate surface area is 176 Å². The molecule has 0 saturated heterocycles. The molecular weight excluding hydrogens is 372 g/mol. The van der Waals surface area contributed by atoms with Crippen molar-refractivity contribution in [2.24, 2.45) is 0 Å². The molecule has 1 aromatic heterocycles. The zero-order valence-corrected chi connectivity index (χ0v) is 16.8. The first-order valence-corrected chi connectivity index (χ1v) is 9.94. The molecule has 0 aliphatic carbocycles. The van der Waals surface area contributed by atoms with Crippen molar-refractivity contribution >= 4 is 17.5 Å². The van der Waals surface area contributed by atoms with E-state index in [-0.39, 0.29) is 6.04 Å². The van der Waals surface area contributed by atoms with Crippen LogP contribution in [0, 0.1) is 0 Å². The molecule has 2 N–H and O–H groups in total. The highest BCUT2D eigenvalue weighted by Crippen LogP contribution is 2.21. The molecule has 0 aliphatic rings. The molecule has 4 aromatic rings. The molecule has 0 saturated carbocycles. The van der Waals surface area contributed by atoms with Gasteiger partial charge in [-0.3, -0.25) is 0 Å². The van der Waals surface area contributed by atoms with Crippen LogP contribution in [-0.4, -0.2) is 9.97 Å². The molecule has 0 aliphatic heterocycles. The van der Waals surface area contributed by atoms with Gasteiger partial charge in [0.1, 0.15) is 18.2 Å². The highest BCUT2D eigenvalue weighted by molar-refractivity contribution is 5.56. The fourth-order valence-corrected chi connectivity index (χ4v) is 3.05. The van der Waals surface area contributed by atoms with E-state index in [9.17, 15) is 0 Å². The van der Waals surface area contributed by atoms with Gasteiger partial charge >= 0.3 is 0 Å². The van der Waals surface area contributed by atoms with Gasteiger partial charge < -0.3 is 15.4 Å². The number of rotatable bonds is 8. The van der Waals surface area contributed by atoms with E-state index in [1.165, 1.54) is 5.56 Å². The van der Waals surface area contributed by atoms with Gasteiger partial charge in [0.25, 0.3) is 0 Å². The normalized spacial score (nSPS) is 11.5. The maximum atomic E-state index is 5.83. The molecular formula is C25H24N4O. The summed E-state index contributed by atoms with van der Waals surface area (Å²) < 4.78 is 5.83. The van der Waals surface area contributed by atoms with Gasteiger partial charge in [-0.05, 0) is 48.4 Å². The molecule has 4 rings (SSSR count). The number of hydrogen-bond acceptors (Lipinski definition) is 5. The fraction of sp³-hybridized carbons (Fsp3) is 0.120. The number of nitrogens with one attached hydrogen (secondary N) is 2. The van der Waals surface area contributed by atoms with E-state index in [1.54, 1.807) is 6.20 Å². The SMILES string of the molecule is CC(Nc1ccnc(Nc2ccc(OCc3ccccc3)cc2)n1)c1ccccc1. The predicted octanol–water partition coefficient (Wildman–Crippen LogP) is 5.97. The molecule has 0 radical (unpaired) electrons. The first kappa shape index (κ1) is 19.5. The van der Waals surface area contributed by atoms with Crippen molar-refractivity contribution < 1.29 is 4.74 Å². The molecule has 1 heterocycles. The van der Waals surface area contributed by atoms with E-state index in [0.29, 0.717) is 12.6 Å². The minimum Gasteiger partial charge on any atom is -0.489 e. The predicted molar refractivity (Wildman–Crippen MR) is 121 cm³/mol. The van der Waals surface area contributed by atoms with Crippen LogP contribution in [0.25, 0.3) is 0 Å². The van der Waals surface area contributed by atoms with Gasteiger partial charge in [-0.25, -0.2) is 4.98 Å². The van der Waals surface area contributed by atoms with Crippen LogP contribution in [0.2, 0.25) is 0 Å². The summed E-state index contributed by atoms with van der Waals surface area (Å²) in [7, 11) is 0. The highest BCUT2D eigenvalue weighted by atomic mass is 16.5. The Morgan fingerprint density at radius 1 is 0.833 bits per heavy atom. The lowest BCUT2D eigenvalue weighted by molar-refractivity contribution is 0.306. The molecule has 150 valence electrons. The zero-order valence-electron chi connectivity index (χ0n) is 16.8.